The number of ether oxygens (including phenoxy) is 1. The number of rotatable bonds is 5. The van der Waals surface area contributed by atoms with Crippen molar-refractivity contribution in [2.75, 3.05) is 6.54 Å². The molecule has 2 rings (SSSR count). The molecule has 0 spiro atoms. The van der Waals surface area contributed by atoms with Crippen LogP contribution in [0.15, 0.2) is 58.1 Å². The van der Waals surface area contributed by atoms with Crippen LogP contribution in [0.3, 0.4) is 0 Å². The van der Waals surface area contributed by atoms with E-state index in [1.165, 1.54) is 0 Å². The van der Waals surface area contributed by atoms with Gasteiger partial charge in [-0.15, -0.1) is 0 Å². The highest BCUT2D eigenvalue weighted by Crippen LogP contribution is 2.15. The van der Waals surface area contributed by atoms with Crippen LogP contribution in [0, 0.1) is 0 Å². The molecule has 0 unspecified atom stereocenters. The molecular weight excluding hydrogens is 390 g/mol. The first-order valence-corrected chi connectivity index (χ1v) is 8.43. The van der Waals surface area contributed by atoms with Gasteiger partial charge in [0.25, 0.3) is 0 Å². The summed E-state index contributed by atoms with van der Waals surface area (Å²) in [6, 6.07) is 14.0. The summed E-state index contributed by atoms with van der Waals surface area (Å²) in [6.07, 6.45) is 1.63. The first-order valence-electron chi connectivity index (χ1n) is 7.23. The Hall–Kier alpha value is -2.25. The van der Waals surface area contributed by atoms with Gasteiger partial charge in [-0.2, -0.15) is 5.10 Å². The minimum atomic E-state index is -0.401. The van der Waals surface area contributed by atoms with Gasteiger partial charge in [0.05, 0.1) is 11.8 Å². The molecule has 5 nitrogen and oxygen atoms in total. The number of thiocarbonyl (C=S) groups is 1. The third-order valence-electron chi connectivity index (χ3n) is 2.89. The van der Waals surface area contributed by atoms with Crippen LogP contribution in [-0.4, -0.2) is 23.8 Å². The molecule has 2 aromatic carbocycles. The maximum absolute atomic E-state index is 12.0. The summed E-state index contributed by atoms with van der Waals surface area (Å²) in [5.41, 5.74) is 4.05. The predicted molar refractivity (Wildman–Crippen MR) is 103 cm³/mol. The summed E-state index contributed by atoms with van der Waals surface area (Å²) in [4.78, 5) is 12.0. The van der Waals surface area contributed by atoms with Crippen LogP contribution < -0.4 is 15.5 Å². The molecule has 24 heavy (non-hydrogen) atoms. The van der Waals surface area contributed by atoms with E-state index in [4.69, 9.17) is 17.0 Å². The van der Waals surface area contributed by atoms with E-state index in [-0.39, 0.29) is 0 Å². The van der Waals surface area contributed by atoms with Crippen LogP contribution in [0.25, 0.3) is 0 Å². The zero-order chi connectivity index (χ0) is 17.4. The maximum Gasteiger partial charge on any atom is 0.343 e. The smallest absolute Gasteiger partial charge is 0.343 e. The topological polar surface area (TPSA) is 62.7 Å². The molecular formula is C17H16BrN3O2S. The van der Waals surface area contributed by atoms with Crippen molar-refractivity contribution in [1.82, 2.24) is 10.7 Å². The summed E-state index contributed by atoms with van der Waals surface area (Å²) in [7, 11) is 0. The molecule has 0 fully saturated rings. The highest BCUT2D eigenvalue weighted by molar-refractivity contribution is 9.10. The van der Waals surface area contributed by atoms with Crippen LogP contribution in [0.1, 0.15) is 22.8 Å². The Morgan fingerprint density at radius 2 is 1.88 bits per heavy atom. The molecule has 2 N–H and O–H groups in total. The van der Waals surface area contributed by atoms with Crippen LogP contribution in [0.4, 0.5) is 0 Å². The molecule has 0 aromatic heterocycles. The molecule has 7 heteroatoms. The fourth-order valence-corrected chi connectivity index (χ4v) is 2.20. The molecule has 0 radical (unpaired) electrons. The highest BCUT2D eigenvalue weighted by Gasteiger charge is 2.08. The van der Waals surface area contributed by atoms with Gasteiger partial charge < -0.3 is 10.1 Å². The lowest BCUT2D eigenvalue weighted by Gasteiger charge is -2.05. The second kappa shape index (κ2) is 9.14. The van der Waals surface area contributed by atoms with E-state index in [0.717, 1.165) is 16.6 Å². The number of carbonyl (C=O) groups is 1. The normalized spacial score (nSPS) is 10.4. The highest BCUT2D eigenvalue weighted by atomic mass is 79.9. The van der Waals surface area contributed by atoms with E-state index < -0.39 is 5.97 Å². The Morgan fingerprint density at radius 1 is 1.21 bits per heavy atom. The summed E-state index contributed by atoms with van der Waals surface area (Å²) in [5.74, 6) is 0.0674. The number of hydrogen-bond donors (Lipinski definition) is 2. The number of carbonyl (C=O) groups excluding carboxylic acids is 1. The quantitative estimate of drug-likeness (QED) is 0.262. The number of nitrogens with one attached hydrogen (secondary N) is 2. The van der Waals surface area contributed by atoms with Crippen molar-refractivity contribution in [3.63, 3.8) is 0 Å². The molecule has 0 bridgehead atoms. The average Bonchev–Trinajstić information content (AvgIpc) is 2.57. The summed E-state index contributed by atoms with van der Waals surface area (Å²) in [5, 5.41) is 7.41. The van der Waals surface area contributed by atoms with Crippen LogP contribution >= 0.6 is 28.1 Å². The Balaban J connectivity index is 1.92. The molecule has 0 amide bonds. The molecule has 0 saturated heterocycles. The monoisotopic (exact) mass is 405 g/mol. The molecule has 0 atom stereocenters. The van der Waals surface area contributed by atoms with Gasteiger partial charge in [-0.1, -0.05) is 15.9 Å². The number of hydrogen-bond acceptors (Lipinski definition) is 4. The first kappa shape index (κ1) is 18.1. The van der Waals surface area contributed by atoms with Gasteiger partial charge in [0.15, 0.2) is 5.11 Å². The van der Waals surface area contributed by atoms with Crippen molar-refractivity contribution in [3.05, 3.63) is 64.1 Å². The van der Waals surface area contributed by atoms with Gasteiger partial charge in [-0.3, -0.25) is 5.43 Å². The first-order chi connectivity index (χ1) is 11.6. The van der Waals surface area contributed by atoms with Crippen molar-refractivity contribution in [2.45, 2.75) is 6.92 Å². The van der Waals surface area contributed by atoms with E-state index >= 15 is 0 Å². The Bertz CT molecular complexity index is 731. The van der Waals surface area contributed by atoms with Gasteiger partial charge in [-0.25, -0.2) is 4.79 Å². The summed E-state index contributed by atoms with van der Waals surface area (Å²) >= 11 is 8.32. The molecule has 0 aliphatic carbocycles. The largest absolute Gasteiger partial charge is 0.423 e. The van der Waals surface area contributed by atoms with E-state index in [1.807, 2.05) is 6.92 Å². The van der Waals surface area contributed by atoms with Gasteiger partial charge in [0, 0.05) is 11.0 Å². The zero-order valence-corrected chi connectivity index (χ0v) is 15.4. The summed E-state index contributed by atoms with van der Waals surface area (Å²) in [6.45, 7) is 2.69. The van der Waals surface area contributed by atoms with Crippen LogP contribution in [0.5, 0.6) is 5.75 Å². The minimum absolute atomic E-state index is 0.401. The van der Waals surface area contributed by atoms with Crippen LogP contribution in [-0.2, 0) is 0 Å². The molecule has 124 valence electrons. The average molecular weight is 406 g/mol. The van der Waals surface area contributed by atoms with E-state index in [9.17, 15) is 4.79 Å². The second-order valence-corrected chi connectivity index (χ2v) is 6.02. The number of esters is 1. The molecule has 2 aromatic rings. The number of nitrogens with zero attached hydrogens (tertiary/aromatic N) is 1. The number of hydrazone groups is 1. The molecule has 0 aliphatic heterocycles. The van der Waals surface area contributed by atoms with Gasteiger partial charge in [0.1, 0.15) is 5.75 Å². The summed E-state index contributed by atoms with van der Waals surface area (Å²) < 4.78 is 6.23. The van der Waals surface area contributed by atoms with E-state index in [1.54, 1.807) is 54.7 Å². The lowest BCUT2D eigenvalue weighted by molar-refractivity contribution is 0.0735. The van der Waals surface area contributed by atoms with E-state index in [0.29, 0.717) is 16.4 Å². The SMILES string of the molecule is CCNC(=S)N/N=C\c1ccc(OC(=O)c2ccc(Br)cc2)cc1. The third kappa shape index (κ3) is 5.75. The fraction of sp³-hybridized carbons (Fsp3) is 0.118. The fourth-order valence-electron chi connectivity index (χ4n) is 1.74. The predicted octanol–water partition coefficient (Wildman–Crippen LogP) is 3.49. The van der Waals surface area contributed by atoms with Crippen molar-refractivity contribution in [2.24, 2.45) is 5.10 Å². The standard InChI is InChI=1S/C17H16BrN3O2S/c1-2-19-17(24)21-20-11-12-3-9-15(10-4-12)23-16(22)13-5-7-14(18)8-6-13/h3-11H,2H2,1H3,(H2,19,21,24)/b20-11-. The Kier molecular flexibility index (Phi) is 6.89. The van der Waals surface area contributed by atoms with Crippen molar-refractivity contribution in [1.29, 1.82) is 0 Å². The van der Waals surface area contributed by atoms with Crippen molar-refractivity contribution < 1.29 is 9.53 Å². The lowest BCUT2D eigenvalue weighted by Crippen LogP contribution is -2.31. The molecule has 0 aliphatic rings. The van der Waals surface area contributed by atoms with Gasteiger partial charge >= 0.3 is 5.97 Å². The van der Waals surface area contributed by atoms with Crippen LogP contribution in [0.2, 0.25) is 0 Å². The number of halogens is 1. The van der Waals surface area contributed by atoms with E-state index in [2.05, 4.69) is 31.8 Å². The van der Waals surface area contributed by atoms with Crippen molar-refractivity contribution >= 4 is 45.4 Å². The third-order valence-corrected chi connectivity index (χ3v) is 3.65. The van der Waals surface area contributed by atoms with Gasteiger partial charge in [-0.05, 0) is 73.2 Å². The Morgan fingerprint density at radius 3 is 2.50 bits per heavy atom. The lowest BCUT2D eigenvalue weighted by atomic mass is 10.2. The number of benzene rings is 2. The van der Waals surface area contributed by atoms with Crippen molar-refractivity contribution in [3.8, 4) is 5.75 Å². The Labute approximate surface area is 154 Å². The maximum atomic E-state index is 12.0. The molecule has 0 heterocycles. The molecule has 0 saturated carbocycles. The second-order valence-electron chi connectivity index (χ2n) is 4.69. The minimum Gasteiger partial charge on any atom is -0.423 e. The zero-order valence-electron chi connectivity index (χ0n) is 13.0. The van der Waals surface area contributed by atoms with Gasteiger partial charge in [0.2, 0.25) is 0 Å².